The molecule has 0 N–H and O–H groups in total. The zero-order valence-electron chi connectivity index (χ0n) is 13.5. The van der Waals surface area contributed by atoms with Gasteiger partial charge in [0.05, 0.1) is 6.61 Å². The van der Waals surface area contributed by atoms with Crippen molar-refractivity contribution in [3.8, 4) is 0 Å². The molecule has 1 saturated carbocycles. The van der Waals surface area contributed by atoms with Crippen molar-refractivity contribution in [2.24, 2.45) is 11.8 Å². The molecule has 0 aromatic heterocycles. The van der Waals surface area contributed by atoms with E-state index in [2.05, 4.69) is 13.8 Å². The summed E-state index contributed by atoms with van der Waals surface area (Å²) < 4.78 is 5.27. The van der Waals surface area contributed by atoms with Gasteiger partial charge in [-0.05, 0) is 31.6 Å². The van der Waals surface area contributed by atoms with E-state index in [4.69, 9.17) is 4.74 Å². The summed E-state index contributed by atoms with van der Waals surface area (Å²) in [6.07, 6.45) is 8.56. The highest BCUT2D eigenvalue weighted by Crippen LogP contribution is 2.42. The van der Waals surface area contributed by atoms with Crippen molar-refractivity contribution in [1.82, 2.24) is 4.90 Å². The predicted molar refractivity (Wildman–Crippen MR) is 81.7 cm³/mol. The Kier molecular flexibility index (Phi) is 6.07. The van der Waals surface area contributed by atoms with Crippen LogP contribution in [0.4, 0.5) is 0 Å². The largest absolute Gasteiger partial charge is 0.464 e. The van der Waals surface area contributed by atoms with Gasteiger partial charge in [-0.2, -0.15) is 0 Å². The molecule has 2 aliphatic rings. The van der Waals surface area contributed by atoms with Crippen molar-refractivity contribution >= 4 is 11.9 Å². The molecule has 120 valence electrons. The van der Waals surface area contributed by atoms with E-state index in [1.54, 1.807) is 0 Å². The summed E-state index contributed by atoms with van der Waals surface area (Å²) in [6.45, 7) is 4.88. The molecule has 1 heterocycles. The smallest absolute Gasteiger partial charge is 0.325 e. The highest BCUT2D eigenvalue weighted by atomic mass is 16.5. The van der Waals surface area contributed by atoms with Crippen LogP contribution in [-0.4, -0.2) is 36.0 Å². The molecule has 4 heteroatoms. The molecule has 0 bridgehead atoms. The minimum absolute atomic E-state index is 0.149. The van der Waals surface area contributed by atoms with Crippen LogP contribution in [0.5, 0.6) is 0 Å². The Labute approximate surface area is 128 Å². The first kappa shape index (κ1) is 16.3. The van der Waals surface area contributed by atoms with Crippen molar-refractivity contribution in [1.29, 1.82) is 0 Å². The van der Waals surface area contributed by atoms with Gasteiger partial charge >= 0.3 is 5.97 Å². The van der Waals surface area contributed by atoms with E-state index in [9.17, 15) is 9.59 Å². The third-order valence-electron chi connectivity index (χ3n) is 5.04. The molecule has 0 aromatic rings. The van der Waals surface area contributed by atoms with Crippen LogP contribution in [0.2, 0.25) is 0 Å². The number of nitrogens with zero attached hydrogens (tertiary/aromatic N) is 1. The topological polar surface area (TPSA) is 46.6 Å². The minimum Gasteiger partial charge on any atom is -0.464 e. The van der Waals surface area contributed by atoms with Crippen LogP contribution in [0.25, 0.3) is 0 Å². The molecule has 4 nitrogen and oxygen atoms in total. The lowest BCUT2D eigenvalue weighted by atomic mass is 9.78. The van der Waals surface area contributed by atoms with Crippen LogP contribution in [0.3, 0.4) is 0 Å². The molecule has 1 aliphatic carbocycles. The normalized spacial score (nSPS) is 28.6. The van der Waals surface area contributed by atoms with Crippen LogP contribution in [-0.2, 0) is 14.3 Å². The highest BCUT2D eigenvalue weighted by Gasteiger charge is 2.48. The molecule has 1 amide bonds. The van der Waals surface area contributed by atoms with E-state index in [1.807, 2.05) is 4.90 Å². The number of fused-ring (bicyclic) bond motifs is 1. The number of likely N-dealkylation sites (tertiary alicyclic amines) is 1. The molecule has 1 saturated heterocycles. The molecule has 2 fully saturated rings. The Morgan fingerprint density at radius 2 is 2.00 bits per heavy atom. The summed E-state index contributed by atoms with van der Waals surface area (Å²) in [5.41, 5.74) is 0. The van der Waals surface area contributed by atoms with Crippen LogP contribution in [0, 0.1) is 11.8 Å². The van der Waals surface area contributed by atoms with Gasteiger partial charge in [-0.1, -0.05) is 39.5 Å². The van der Waals surface area contributed by atoms with Crippen LogP contribution in [0.1, 0.15) is 65.2 Å². The third kappa shape index (κ3) is 3.78. The Hall–Kier alpha value is -1.06. The van der Waals surface area contributed by atoms with Crippen molar-refractivity contribution in [2.75, 3.05) is 13.2 Å². The number of hydrogen-bond donors (Lipinski definition) is 0. The Bertz CT molecular complexity index is 369. The Morgan fingerprint density at radius 3 is 2.71 bits per heavy atom. The molecular formula is C17H29NO3. The van der Waals surface area contributed by atoms with Crippen molar-refractivity contribution in [2.45, 2.75) is 71.3 Å². The van der Waals surface area contributed by atoms with Gasteiger partial charge in [0.25, 0.3) is 0 Å². The molecular weight excluding hydrogens is 266 g/mol. The number of amides is 1. The van der Waals surface area contributed by atoms with Gasteiger partial charge in [-0.3, -0.25) is 9.59 Å². The first-order chi connectivity index (χ1) is 10.2. The highest BCUT2D eigenvalue weighted by molar-refractivity contribution is 5.86. The minimum atomic E-state index is -0.239. The summed E-state index contributed by atoms with van der Waals surface area (Å²) in [5.74, 6) is 0.578. The maximum Gasteiger partial charge on any atom is 0.325 e. The maximum absolute atomic E-state index is 12.5. The van der Waals surface area contributed by atoms with Crippen LogP contribution >= 0.6 is 0 Å². The summed E-state index contributed by atoms with van der Waals surface area (Å²) >= 11 is 0. The number of carbonyl (C=O) groups is 2. The van der Waals surface area contributed by atoms with Gasteiger partial charge in [0.2, 0.25) is 5.91 Å². The average Bonchev–Trinajstić information content (AvgIpc) is 2.76. The van der Waals surface area contributed by atoms with Gasteiger partial charge in [0, 0.05) is 12.0 Å². The van der Waals surface area contributed by atoms with Gasteiger partial charge in [0.1, 0.15) is 6.54 Å². The fourth-order valence-corrected chi connectivity index (χ4v) is 3.98. The quantitative estimate of drug-likeness (QED) is 0.535. The molecule has 2 rings (SSSR count). The van der Waals surface area contributed by atoms with Crippen LogP contribution in [0.15, 0.2) is 0 Å². The fraction of sp³-hybridized carbons (Fsp3) is 0.882. The van der Waals surface area contributed by atoms with Gasteiger partial charge in [-0.25, -0.2) is 0 Å². The lowest BCUT2D eigenvalue weighted by molar-refractivity contribution is -0.149. The van der Waals surface area contributed by atoms with E-state index in [1.165, 1.54) is 6.42 Å². The summed E-state index contributed by atoms with van der Waals surface area (Å²) in [7, 11) is 0. The van der Waals surface area contributed by atoms with Gasteiger partial charge in [0.15, 0.2) is 0 Å². The zero-order chi connectivity index (χ0) is 15.2. The van der Waals surface area contributed by atoms with E-state index in [0.717, 1.165) is 44.9 Å². The second kappa shape index (κ2) is 7.81. The predicted octanol–water partition coefficient (Wildman–Crippen LogP) is 3.15. The number of ether oxygens (including phenoxy) is 1. The first-order valence-electron chi connectivity index (χ1n) is 8.65. The van der Waals surface area contributed by atoms with E-state index in [0.29, 0.717) is 12.5 Å². The molecule has 0 aromatic carbocycles. The van der Waals surface area contributed by atoms with Crippen molar-refractivity contribution in [3.63, 3.8) is 0 Å². The average molecular weight is 295 g/mol. The molecule has 3 atom stereocenters. The van der Waals surface area contributed by atoms with Gasteiger partial charge in [-0.15, -0.1) is 0 Å². The number of hydrogen-bond acceptors (Lipinski definition) is 3. The van der Waals surface area contributed by atoms with E-state index < -0.39 is 0 Å². The first-order valence-corrected chi connectivity index (χ1v) is 8.65. The maximum atomic E-state index is 12.5. The zero-order valence-corrected chi connectivity index (χ0v) is 13.5. The molecule has 1 aliphatic heterocycles. The Morgan fingerprint density at radius 1 is 1.24 bits per heavy atom. The number of rotatable bonds is 7. The van der Waals surface area contributed by atoms with Gasteiger partial charge < -0.3 is 9.64 Å². The summed E-state index contributed by atoms with van der Waals surface area (Å²) in [6, 6.07) is 0.242. The van der Waals surface area contributed by atoms with E-state index in [-0.39, 0.29) is 30.4 Å². The number of unbranched alkanes of at least 4 members (excludes halogenated alkanes) is 2. The number of carbonyl (C=O) groups excluding carboxylic acids is 2. The van der Waals surface area contributed by atoms with Crippen LogP contribution < -0.4 is 0 Å². The molecule has 0 unspecified atom stereocenters. The molecule has 21 heavy (non-hydrogen) atoms. The second-order valence-corrected chi connectivity index (χ2v) is 6.42. The molecule has 0 radical (unpaired) electrons. The SMILES string of the molecule is CCCCCOC(=O)CN1C(=O)[C@@H]2CCCC[C@@H]2[C@H]1CC. The summed E-state index contributed by atoms with van der Waals surface area (Å²) in [5, 5.41) is 0. The van der Waals surface area contributed by atoms with Crippen molar-refractivity contribution < 1.29 is 14.3 Å². The lowest BCUT2D eigenvalue weighted by Crippen LogP contribution is -2.39. The third-order valence-corrected chi connectivity index (χ3v) is 5.04. The second-order valence-electron chi connectivity index (χ2n) is 6.42. The number of esters is 1. The standard InChI is InChI=1S/C17H29NO3/c1-3-5-8-11-21-16(19)12-18-15(4-2)13-9-6-7-10-14(13)17(18)20/h13-15H,3-12H2,1-2H3/t13-,14+,15+/m0/s1. The lowest BCUT2D eigenvalue weighted by Gasteiger charge is -2.28. The Balaban J connectivity index is 1.88. The fourth-order valence-electron chi connectivity index (χ4n) is 3.98. The summed E-state index contributed by atoms with van der Waals surface area (Å²) in [4.78, 5) is 26.3. The van der Waals surface area contributed by atoms with E-state index >= 15 is 0 Å². The monoisotopic (exact) mass is 295 g/mol. The molecule has 0 spiro atoms. The van der Waals surface area contributed by atoms with Crippen molar-refractivity contribution in [3.05, 3.63) is 0 Å².